The molecule has 0 heterocycles. The van der Waals surface area contributed by atoms with Crippen molar-refractivity contribution in [3.63, 3.8) is 0 Å². The second-order valence-electron chi connectivity index (χ2n) is 4.54. The Kier molecular flexibility index (Phi) is 4.69. The lowest BCUT2D eigenvalue weighted by molar-refractivity contribution is 0.101. The van der Waals surface area contributed by atoms with E-state index in [-0.39, 0.29) is 5.78 Å². The smallest absolute Gasteiger partial charge is 0.159 e. The van der Waals surface area contributed by atoms with E-state index in [0.29, 0.717) is 22.2 Å². The van der Waals surface area contributed by atoms with Crippen LogP contribution in [0, 0.1) is 6.92 Å². The largest absolute Gasteiger partial charge is 0.489 e. The van der Waals surface area contributed by atoms with E-state index in [0.717, 1.165) is 16.9 Å². The molecule has 0 spiro atoms. The lowest BCUT2D eigenvalue weighted by atomic mass is 10.1. The van der Waals surface area contributed by atoms with Crippen LogP contribution in [0.4, 0.5) is 0 Å². The van der Waals surface area contributed by atoms with Crippen molar-refractivity contribution in [3.05, 3.63) is 63.1 Å². The summed E-state index contributed by atoms with van der Waals surface area (Å²) in [5, 5.41) is 1.02. The fourth-order valence-electron chi connectivity index (χ4n) is 1.85. The van der Waals surface area contributed by atoms with E-state index in [9.17, 15) is 4.79 Å². The van der Waals surface area contributed by atoms with Crippen LogP contribution in [0.15, 0.2) is 36.4 Å². The van der Waals surface area contributed by atoms with Crippen LogP contribution in [0.5, 0.6) is 5.75 Å². The van der Waals surface area contributed by atoms with Gasteiger partial charge in [0.25, 0.3) is 0 Å². The van der Waals surface area contributed by atoms with Gasteiger partial charge in [0.05, 0.1) is 10.0 Å². The Hall–Kier alpha value is -1.51. The molecule has 0 saturated carbocycles. The van der Waals surface area contributed by atoms with Crippen molar-refractivity contribution in [1.29, 1.82) is 0 Å². The minimum absolute atomic E-state index is 0.0394. The molecule has 0 unspecified atom stereocenters. The topological polar surface area (TPSA) is 26.3 Å². The predicted molar refractivity (Wildman–Crippen MR) is 82.0 cm³/mol. The number of carbonyl (C=O) groups excluding carboxylic acids is 1. The van der Waals surface area contributed by atoms with Gasteiger partial charge >= 0.3 is 0 Å². The Morgan fingerprint density at radius 1 is 1.20 bits per heavy atom. The lowest BCUT2D eigenvalue weighted by Crippen LogP contribution is -2.00. The van der Waals surface area contributed by atoms with Gasteiger partial charge in [-0.2, -0.15) is 0 Å². The highest BCUT2D eigenvalue weighted by molar-refractivity contribution is 6.42. The van der Waals surface area contributed by atoms with Crippen LogP contribution in [0.2, 0.25) is 10.0 Å². The van der Waals surface area contributed by atoms with Crippen molar-refractivity contribution >= 4 is 29.0 Å². The van der Waals surface area contributed by atoms with Gasteiger partial charge in [0.2, 0.25) is 0 Å². The first-order chi connectivity index (χ1) is 9.49. The monoisotopic (exact) mass is 308 g/mol. The van der Waals surface area contributed by atoms with Crippen LogP contribution in [0.1, 0.15) is 28.4 Å². The third-order valence-electron chi connectivity index (χ3n) is 3.00. The Morgan fingerprint density at radius 2 is 1.95 bits per heavy atom. The average molecular weight is 309 g/mol. The lowest BCUT2D eigenvalue weighted by Gasteiger charge is -2.11. The fourth-order valence-corrected chi connectivity index (χ4v) is 2.22. The van der Waals surface area contributed by atoms with Crippen LogP contribution in [-0.4, -0.2) is 5.78 Å². The molecular formula is C16H14Cl2O2. The van der Waals surface area contributed by atoms with Crippen molar-refractivity contribution in [2.75, 3.05) is 0 Å². The number of aryl methyl sites for hydroxylation is 1. The van der Waals surface area contributed by atoms with Crippen molar-refractivity contribution in [2.45, 2.75) is 20.5 Å². The highest BCUT2D eigenvalue weighted by Crippen LogP contribution is 2.27. The third kappa shape index (κ3) is 3.33. The molecule has 0 amide bonds. The summed E-state index contributed by atoms with van der Waals surface area (Å²) in [4.78, 5) is 11.3. The second-order valence-corrected chi connectivity index (χ2v) is 5.32. The summed E-state index contributed by atoms with van der Waals surface area (Å²) in [6, 6.07) is 10.8. The summed E-state index contributed by atoms with van der Waals surface area (Å²) < 4.78 is 5.74. The van der Waals surface area contributed by atoms with E-state index in [4.69, 9.17) is 27.9 Å². The number of hydrogen-bond acceptors (Lipinski definition) is 2. The van der Waals surface area contributed by atoms with E-state index in [1.54, 1.807) is 25.1 Å². The van der Waals surface area contributed by atoms with E-state index in [1.165, 1.54) is 0 Å². The number of Topliss-reactive ketones (excluding diaryl/α,β-unsaturated/α-hetero) is 1. The molecule has 0 aromatic heterocycles. The number of carbonyl (C=O) groups is 1. The molecule has 0 saturated heterocycles. The summed E-state index contributed by atoms with van der Waals surface area (Å²) in [5.74, 6) is 0.767. The van der Waals surface area contributed by atoms with Crippen LogP contribution < -0.4 is 4.74 Å². The Bertz CT molecular complexity index is 651. The summed E-state index contributed by atoms with van der Waals surface area (Å²) in [7, 11) is 0. The number of ether oxygens (including phenoxy) is 1. The van der Waals surface area contributed by atoms with Crippen molar-refractivity contribution in [1.82, 2.24) is 0 Å². The molecule has 2 nitrogen and oxygen atoms in total. The summed E-state index contributed by atoms with van der Waals surface area (Å²) in [5.41, 5.74) is 2.42. The number of benzene rings is 2. The molecule has 0 fully saturated rings. The molecule has 0 radical (unpaired) electrons. The molecule has 104 valence electrons. The Labute approximate surface area is 128 Å². The van der Waals surface area contributed by atoms with Crippen molar-refractivity contribution < 1.29 is 9.53 Å². The van der Waals surface area contributed by atoms with Crippen LogP contribution in [-0.2, 0) is 6.61 Å². The first kappa shape index (κ1) is 14.9. The number of hydrogen-bond donors (Lipinski definition) is 0. The van der Waals surface area contributed by atoms with Crippen LogP contribution >= 0.6 is 23.2 Å². The molecule has 0 bridgehead atoms. The molecular weight excluding hydrogens is 295 g/mol. The van der Waals surface area contributed by atoms with Gasteiger partial charge in [-0.1, -0.05) is 35.3 Å². The zero-order chi connectivity index (χ0) is 14.7. The molecule has 0 N–H and O–H groups in total. The maximum Gasteiger partial charge on any atom is 0.159 e. The Morgan fingerprint density at radius 3 is 2.60 bits per heavy atom. The SMILES string of the molecule is CC(=O)c1ccc(OCc2cccc(Cl)c2Cl)c(C)c1. The summed E-state index contributed by atoms with van der Waals surface area (Å²) >= 11 is 12.1. The first-order valence-electron chi connectivity index (χ1n) is 6.16. The average Bonchev–Trinajstić information content (AvgIpc) is 2.41. The molecule has 4 heteroatoms. The number of halogens is 2. The highest BCUT2D eigenvalue weighted by atomic mass is 35.5. The predicted octanol–water partition coefficient (Wildman–Crippen LogP) is 5.08. The van der Waals surface area contributed by atoms with Gasteiger partial charge in [-0.25, -0.2) is 0 Å². The standard InChI is InChI=1S/C16H14Cl2O2/c1-10-8-12(11(2)19)6-7-15(10)20-9-13-4-3-5-14(17)16(13)18/h3-8H,9H2,1-2H3. The molecule has 0 aliphatic carbocycles. The molecule has 2 aromatic carbocycles. The molecule has 0 aliphatic rings. The summed E-state index contributed by atoms with van der Waals surface area (Å²) in [6.45, 7) is 3.78. The normalized spacial score (nSPS) is 10.4. The molecule has 0 atom stereocenters. The van der Waals surface area contributed by atoms with Gasteiger partial charge in [0.1, 0.15) is 12.4 Å². The van der Waals surface area contributed by atoms with Crippen molar-refractivity contribution in [2.24, 2.45) is 0 Å². The summed E-state index contributed by atoms with van der Waals surface area (Å²) in [6.07, 6.45) is 0. The van der Waals surface area contributed by atoms with Gasteiger partial charge < -0.3 is 4.74 Å². The van der Waals surface area contributed by atoms with Gasteiger partial charge in [-0.05, 0) is 43.7 Å². The molecule has 2 rings (SSSR count). The molecule has 0 aliphatic heterocycles. The van der Waals surface area contributed by atoms with E-state index >= 15 is 0 Å². The fraction of sp³-hybridized carbons (Fsp3) is 0.188. The zero-order valence-electron chi connectivity index (χ0n) is 11.2. The maximum absolute atomic E-state index is 11.3. The quantitative estimate of drug-likeness (QED) is 0.736. The first-order valence-corrected chi connectivity index (χ1v) is 6.92. The van der Waals surface area contributed by atoms with E-state index in [2.05, 4.69) is 0 Å². The van der Waals surface area contributed by atoms with E-state index in [1.807, 2.05) is 25.1 Å². The van der Waals surface area contributed by atoms with Gasteiger partial charge in [-0.15, -0.1) is 0 Å². The minimum atomic E-state index is 0.0394. The second kappa shape index (κ2) is 6.29. The van der Waals surface area contributed by atoms with Gasteiger partial charge in [-0.3, -0.25) is 4.79 Å². The number of ketones is 1. The third-order valence-corrected chi connectivity index (χ3v) is 3.85. The molecule has 20 heavy (non-hydrogen) atoms. The van der Waals surface area contributed by atoms with E-state index < -0.39 is 0 Å². The molecule has 2 aromatic rings. The van der Waals surface area contributed by atoms with Gasteiger partial charge in [0.15, 0.2) is 5.78 Å². The number of rotatable bonds is 4. The minimum Gasteiger partial charge on any atom is -0.489 e. The van der Waals surface area contributed by atoms with Crippen molar-refractivity contribution in [3.8, 4) is 5.75 Å². The van der Waals surface area contributed by atoms with Crippen LogP contribution in [0.3, 0.4) is 0 Å². The maximum atomic E-state index is 11.3. The zero-order valence-corrected chi connectivity index (χ0v) is 12.8. The van der Waals surface area contributed by atoms with Crippen LogP contribution in [0.25, 0.3) is 0 Å². The Balaban J connectivity index is 2.15. The highest BCUT2D eigenvalue weighted by Gasteiger charge is 2.07. The van der Waals surface area contributed by atoms with Gasteiger partial charge in [0, 0.05) is 11.1 Å².